The van der Waals surface area contributed by atoms with Gasteiger partial charge in [-0.05, 0) is 0 Å². The molecule has 0 amide bonds. The van der Waals surface area contributed by atoms with E-state index in [1.54, 1.807) is 0 Å². The molecular formula is C2F6O6S3. The predicted molar refractivity (Wildman–Crippen MR) is 39.7 cm³/mol. The van der Waals surface area contributed by atoms with Crippen molar-refractivity contribution in [3.05, 3.63) is 0 Å². The van der Waals surface area contributed by atoms with Gasteiger partial charge >= 0.3 is 31.3 Å². The molecular weight excluding hydrogens is 330 g/mol. The minimum absolute atomic E-state index is 1.50. The van der Waals surface area contributed by atoms with E-state index >= 15 is 0 Å². The van der Waals surface area contributed by atoms with E-state index in [0.717, 1.165) is 0 Å². The van der Waals surface area contributed by atoms with E-state index in [1.165, 1.54) is 0 Å². The van der Waals surface area contributed by atoms with Crippen molar-refractivity contribution in [3.63, 3.8) is 0 Å². The van der Waals surface area contributed by atoms with Gasteiger partial charge in [-0.25, -0.2) is 0 Å². The Hall–Kier alpha value is -0.250. The van der Waals surface area contributed by atoms with Crippen LogP contribution in [0.5, 0.6) is 0 Å². The first-order valence-electron chi connectivity index (χ1n) is 2.88. The van der Waals surface area contributed by atoms with Crippen LogP contribution in [0.3, 0.4) is 0 Å². The zero-order chi connectivity index (χ0) is 14.1. The minimum Gasteiger partial charge on any atom is -0.189 e. The molecule has 0 aromatic heterocycles. The molecule has 0 saturated carbocycles. The van der Waals surface area contributed by atoms with Crippen molar-refractivity contribution >= 4 is 32.6 Å². The van der Waals surface area contributed by atoms with Crippen molar-refractivity contribution in [1.29, 1.82) is 0 Å². The molecule has 0 fully saturated rings. The number of rotatable bonds is 4. The SMILES string of the molecule is O=S(=O)(OSOS(=O)(=O)C(F)(F)F)C(F)(F)F. The van der Waals surface area contributed by atoms with Crippen LogP contribution in [0.1, 0.15) is 0 Å². The normalized spacial score (nSPS) is 14.9. The predicted octanol–water partition coefficient (Wildman–Crippen LogP) is 1.28. The van der Waals surface area contributed by atoms with Gasteiger partial charge in [-0.2, -0.15) is 50.4 Å². The molecule has 0 atom stereocenters. The van der Waals surface area contributed by atoms with E-state index < -0.39 is 43.6 Å². The Morgan fingerprint density at radius 1 is 0.706 bits per heavy atom. The summed E-state index contributed by atoms with van der Waals surface area (Å²) in [6.07, 6.45) is 0. The van der Waals surface area contributed by atoms with Gasteiger partial charge in [0.1, 0.15) is 0 Å². The Balaban J connectivity index is 4.58. The average molecular weight is 330 g/mol. The summed E-state index contributed by atoms with van der Waals surface area (Å²) >= 11 is -1.50. The van der Waals surface area contributed by atoms with Gasteiger partial charge in [0.2, 0.25) is 0 Å². The standard InChI is InChI=1S/C2F6O6S3/c3-1(4,5)16(9,10)13-15-14-17(11,12)2(6,7)8. The third kappa shape index (κ3) is 4.49. The van der Waals surface area contributed by atoms with Crippen LogP contribution < -0.4 is 0 Å². The molecule has 104 valence electrons. The summed E-state index contributed by atoms with van der Waals surface area (Å²) < 4.78 is 115. The highest BCUT2D eigenvalue weighted by molar-refractivity contribution is 8.07. The van der Waals surface area contributed by atoms with Crippen molar-refractivity contribution in [1.82, 2.24) is 0 Å². The fraction of sp³-hybridized carbons (Fsp3) is 1.00. The third-order valence-electron chi connectivity index (χ3n) is 0.802. The largest absolute Gasteiger partial charge is 0.524 e. The molecule has 0 aliphatic rings. The highest BCUT2D eigenvalue weighted by Gasteiger charge is 2.51. The summed E-state index contributed by atoms with van der Waals surface area (Å²) in [5.74, 6) is 0. The van der Waals surface area contributed by atoms with Crippen LogP contribution in [0.25, 0.3) is 0 Å². The zero-order valence-electron chi connectivity index (χ0n) is 6.94. The quantitative estimate of drug-likeness (QED) is 0.436. The maximum absolute atomic E-state index is 11.5. The molecule has 0 bridgehead atoms. The number of halogens is 6. The molecule has 0 heterocycles. The molecule has 0 aromatic carbocycles. The van der Waals surface area contributed by atoms with E-state index in [2.05, 4.69) is 7.26 Å². The van der Waals surface area contributed by atoms with Crippen molar-refractivity contribution in [2.75, 3.05) is 0 Å². The Labute approximate surface area is 94.5 Å². The zero-order valence-corrected chi connectivity index (χ0v) is 9.39. The van der Waals surface area contributed by atoms with E-state index in [9.17, 15) is 43.2 Å². The van der Waals surface area contributed by atoms with Gasteiger partial charge in [0, 0.05) is 0 Å². The van der Waals surface area contributed by atoms with Crippen LogP contribution in [0.2, 0.25) is 0 Å². The van der Waals surface area contributed by atoms with Crippen LogP contribution in [0.15, 0.2) is 0 Å². The fourth-order valence-electron chi connectivity index (χ4n) is 0.162. The molecule has 0 spiro atoms. The third-order valence-corrected chi connectivity index (χ3v) is 3.81. The van der Waals surface area contributed by atoms with Crippen LogP contribution in [-0.4, -0.2) is 27.9 Å². The van der Waals surface area contributed by atoms with Gasteiger partial charge < -0.3 is 0 Å². The molecule has 17 heavy (non-hydrogen) atoms. The first-order chi connectivity index (χ1) is 7.21. The number of hydrogen-bond donors (Lipinski definition) is 0. The van der Waals surface area contributed by atoms with E-state index in [4.69, 9.17) is 0 Å². The lowest BCUT2D eigenvalue weighted by Crippen LogP contribution is -2.26. The second-order valence-corrected chi connectivity index (χ2v) is 5.97. The summed E-state index contributed by atoms with van der Waals surface area (Å²) in [4.78, 5) is 0. The Bertz CT molecular complexity index is 411. The molecule has 0 aliphatic heterocycles. The van der Waals surface area contributed by atoms with Gasteiger partial charge in [-0.3, -0.25) is 0 Å². The van der Waals surface area contributed by atoms with Crippen LogP contribution in [0, 0.1) is 0 Å². The second-order valence-electron chi connectivity index (χ2n) is 2.00. The molecule has 0 aliphatic carbocycles. The molecule has 0 rings (SSSR count). The molecule has 0 N–H and O–H groups in total. The van der Waals surface area contributed by atoms with Crippen LogP contribution >= 0.6 is 12.3 Å². The van der Waals surface area contributed by atoms with Gasteiger partial charge in [0.25, 0.3) is 0 Å². The van der Waals surface area contributed by atoms with E-state index in [0.29, 0.717) is 0 Å². The molecule has 6 nitrogen and oxygen atoms in total. The monoisotopic (exact) mass is 330 g/mol. The average Bonchev–Trinajstić information content (AvgIpc) is 1.98. The molecule has 0 unspecified atom stereocenters. The van der Waals surface area contributed by atoms with Crippen molar-refractivity contribution in [2.45, 2.75) is 11.0 Å². The first kappa shape index (κ1) is 16.8. The highest BCUT2D eigenvalue weighted by Crippen LogP contribution is 2.32. The minimum atomic E-state index is -6.26. The Morgan fingerprint density at radius 3 is 1.12 bits per heavy atom. The maximum atomic E-state index is 11.5. The molecule has 0 radical (unpaired) electrons. The van der Waals surface area contributed by atoms with Crippen LogP contribution in [0.4, 0.5) is 26.3 Å². The lowest BCUT2D eigenvalue weighted by Gasteiger charge is -2.08. The van der Waals surface area contributed by atoms with E-state index in [1.807, 2.05) is 0 Å². The Morgan fingerprint density at radius 2 is 0.941 bits per heavy atom. The lowest BCUT2D eigenvalue weighted by atomic mass is 11.6. The second kappa shape index (κ2) is 4.79. The summed E-state index contributed by atoms with van der Waals surface area (Å²) in [7, 11) is -12.5. The number of hydrogen-bond acceptors (Lipinski definition) is 7. The molecule has 15 heteroatoms. The van der Waals surface area contributed by atoms with Gasteiger partial charge in [0.05, 0.1) is 0 Å². The summed E-state index contributed by atoms with van der Waals surface area (Å²) in [5.41, 5.74) is -11.9. The summed E-state index contributed by atoms with van der Waals surface area (Å²) in [6.45, 7) is 0. The smallest absolute Gasteiger partial charge is 0.189 e. The van der Waals surface area contributed by atoms with Crippen molar-refractivity contribution < 1.29 is 50.4 Å². The van der Waals surface area contributed by atoms with E-state index in [-0.39, 0.29) is 0 Å². The molecule has 0 saturated heterocycles. The summed E-state index contributed by atoms with van der Waals surface area (Å²) in [5, 5.41) is 0. The summed E-state index contributed by atoms with van der Waals surface area (Å²) in [6, 6.07) is 0. The topological polar surface area (TPSA) is 86.7 Å². The van der Waals surface area contributed by atoms with Gasteiger partial charge in [-0.1, -0.05) is 0 Å². The van der Waals surface area contributed by atoms with Gasteiger partial charge in [-0.15, -0.1) is 0 Å². The lowest BCUT2D eigenvalue weighted by molar-refractivity contribution is -0.0505. The maximum Gasteiger partial charge on any atom is 0.524 e. The molecule has 0 aromatic rings. The Kier molecular flexibility index (Phi) is 4.72. The van der Waals surface area contributed by atoms with Gasteiger partial charge in [0.15, 0.2) is 12.3 Å². The van der Waals surface area contributed by atoms with Crippen molar-refractivity contribution in [3.8, 4) is 0 Å². The first-order valence-corrected chi connectivity index (χ1v) is 6.36. The van der Waals surface area contributed by atoms with Crippen molar-refractivity contribution in [2.24, 2.45) is 0 Å². The fourth-order valence-corrected chi connectivity index (χ4v) is 1.66. The van der Waals surface area contributed by atoms with Crippen LogP contribution in [-0.2, 0) is 27.5 Å². The highest BCUT2D eigenvalue weighted by atomic mass is 32.3. The number of alkyl halides is 6.